The highest BCUT2D eigenvalue weighted by Gasteiger charge is 2.16. The van der Waals surface area contributed by atoms with E-state index in [1.165, 1.54) is 12.1 Å². The van der Waals surface area contributed by atoms with Crippen molar-refractivity contribution in [2.45, 2.75) is 6.42 Å². The molecule has 1 aromatic rings. The van der Waals surface area contributed by atoms with Gasteiger partial charge in [0.15, 0.2) is 5.78 Å². The number of rotatable bonds is 4. The summed E-state index contributed by atoms with van der Waals surface area (Å²) in [4.78, 5) is 16.3. The second-order valence-electron chi connectivity index (χ2n) is 4.92. The van der Waals surface area contributed by atoms with E-state index in [0.29, 0.717) is 13.0 Å². The monoisotopic (exact) mass is 250 g/mol. The fourth-order valence-corrected chi connectivity index (χ4v) is 2.14. The van der Waals surface area contributed by atoms with Gasteiger partial charge >= 0.3 is 0 Å². The van der Waals surface area contributed by atoms with Gasteiger partial charge in [-0.25, -0.2) is 4.39 Å². The van der Waals surface area contributed by atoms with Crippen molar-refractivity contribution in [2.24, 2.45) is 0 Å². The predicted molar refractivity (Wildman–Crippen MR) is 69.0 cm³/mol. The van der Waals surface area contributed by atoms with Gasteiger partial charge in [-0.2, -0.15) is 0 Å². The summed E-state index contributed by atoms with van der Waals surface area (Å²) in [7, 11) is 2.09. The Labute approximate surface area is 107 Å². The Morgan fingerprint density at radius 2 is 1.78 bits per heavy atom. The maximum Gasteiger partial charge on any atom is 0.151 e. The van der Waals surface area contributed by atoms with Gasteiger partial charge in [-0.15, -0.1) is 0 Å². The van der Waals surface area contributed by atoms with Gasteiger partial charge in [0.2, 0.25) is 0 Å². The highest BCUT2D eigenvalue weighted by atomic mass is 19.1. The van der Waals surface area contributed by atoms with Gasteiger partial charge < -0.3 is 4.90 Å². The molecule has 0 aliphatic carbocycles. The largest absolute Gasteiger partial charge is 0.304 e. The Balaban J connectivity index is 1.80. The Morgan fingerprint density at radius 3 is 2.39 bits per heavy atom. The first-order valence-corrected chi connectivity index (χ1v) is 6.30. The number of hydrogen-bond acceptors (Lipinski definition) is 3. The number of hydrogen-bond donors (Lipinski definition) is 0. The molecule has 0 atom stereocenters. The lowest BCUT2D eigenvalue weighted by atomic mass is 10.1. The summed E-state index contributed by atoms with van der Waals surface area (Å²) in [6.07, 6.45) is 0.395. The Hall–Kier alpha value is -1.26. The predicted octanol–water partition coefficient (Wildman–Crippen LogP) is 1.18. The lowest BCUT2D eigenvalue weighted by Gasteiger charge is -2.31. The first-order chi connectivity index (χ1) is 8.63. The van der Waals surface area contributed by atoms with Crippen molar-refractivity contribution in [1.82, 2.24) is 9.80 Å². The number of ketones is 1. The zero-order valence-electron chi connectivity index (χ0n) is 10.7. The van der Waals surface area contributed by atoms with E-state index < -0.39 is 0 Å². The van der Waals surface area contributed by atoms with Gasteiger partial charge in [-0.05, 0) is 24.7 Å². The van der Waals surface area contributed by atoms with Crippen LogP contribution in [0.4, 0.5) is 4.39 Å². The summed E-state index contributed by atoms with van der Waals surface area (Å²) < 4.78 is 12.7. The molecule has 1 fully saturated rings. The van der Waals surface area contributed by atoms with E-state index in [-0.39, 0.29) is 11.6 Å². The molecule has 1 aliphatic heterocycles. The van der Waals surface area contributed by atoms with Crippen molar-refractivity contribution >= 4 is 5.78 Å². The second kappa shape index (κ2) is 6.07. The van der Waals surface area contributed by atoms with Crippen molar-refractivity contribution in [3.8, 4) is 0 Å². The Kier molecular flexibility index (Phi) is 4.44. The van der Waals surface area contributed by atoms with Crippen LogP contribution >= 0.6 is 0 Å². The Bertz CT molecular complexity index is 397. The number of carbonyl (C=O) groups is 1. The zero-order chi connectivity index (χ0) is 13.0. The van der Waals surface area contributed by atoms with Crippen LogP contribution in [0, 0.1) is 5.82 Å². The van der Waals surface area contributed by atoms with Crippen LogP contribution in [0.3, 0.4) is 0 Å². The summed E-state index contributed by atoms with van der Waals surface area (Å²) >= 11 is 0. The van der Waals surface area contributed by atoms with Crippen LogP contribution in [0.15, 0.2) is 24.3 Å². The van der Waals surface area contributed by atoms with E-state index in [4.69, 9.17) is 0 Å². The van der Waals surface area contributed by atoms with Crippen molar-refractivity contribution in [3.05, 3.63) is 35.6 Å². The molecule has 0 saturated carbocycles. The van der Waals surface area contributed by atoms with Crippen LogP contribution in [0.2, 0.25) is 0 Å². The molecule has 0 radical (unpaired) electrons. The molecule has 2 rings (SSSR count). The van der Waals surface area contributed by atoms with Gasteiger partial charge in [-0.1, -0.05) is 12.1 Å². The number of nitrogens with zero attached hydrogens (tertiary/aromatic N) is 2. The first-order valence-electron chi connectivity index (χ1n) is 6.30. The van der Waals surface area contributed by atoms with E-state index in [2.05, 4.69) is 16.8 Å². The van der Waals surface area contributed by atoms with Crippen LogP contribution in [0.5, 0.6) is 0 Å². The van der Waals surface area contributed by atoms with Crippen LogP contribution in [-0.2, 0) is 11.2 Å². The molecule has 4 heteroatoms. The number of halogens is 1. The van der Waals surface area contributed by atoms with Gasteiger partial charge in [0.05, 0.1) is 6.54 Å². The minimum absolute atomic E-state index is 0.200. The summed E-state index contributed by atoms with van der Waals surface area (Å²) in [6, 6.07) is 6.16. The van der Waals surface area contributed by atoms with Gasteiger partial charge in [0.25, 0.3) is 0 Å². The van der Waals surface area contributed by atoms with Gasteiger partial charge in [0, 0.05) is 32.6 Å². The number of carbonyl (C=O) groups excluding carboxylic acids is 1. The summed E-state index contributed by atoms with van der Waals surface area (Å²) in [5, 5.41) is 0. The van der Waals surface area contributed by atoms with Crippen LogP contribution in [-0.4, -0.2) is 55.4 Å². The smallest absolute Gasteiger partial charge is 0.151 e. The van der Waals surface area contributed by atoms with Crippen molar-refractivity contribution < 1.29 is 9.18 Å². The van der Waals surface area contributed by atoms with Crippen LogP contribution < -0.4 is 0 Å². The third-order valence-corrected chi connectivity index (χ3v) is 3.31. The van der Waals surface area contributed by atoms with E-state index in [9.17, 15) is 9.18 Å². The van der Waals surface area contributed by atoms with E-state index in [1.807, 2.05) is 0 Å². The minimum Gasteiger partial charge on any atom is -0.304 e. The molecule has 0 aromatic heterocycles. The van der Waals surface area contributed by atoms with Crippen molar-refractivity contribution in [2.75, 3.05) is 39.8 Å². The third-order valence-electron chi connectivity index (χ3n) is 3.31. The molecule has 0 N–H and O–H groups in total. The molecule has 0 bridgehead atoms. The quantitative estimate of drug-likeness (QED) is 0.802. The summed E-state index contributed by atoms with van der Waals surface area (Å²) in [5.41, 5.74) is 0.885. The van der Waals surface area contributed by atoms with E-state index >= 15 is 0 Å². The fraction of sp³-hybridized carbons (Fsp3) is 0.500. The number of piperazine rings is 1. The molecule has 18 heavy (non-hydrogen) atoms. The minimum atomic E-state index is -0.259. The third kappa shape index (κ3) is 3.89. The molecule has 3 nitrogen and oxygen atoms in total. The van der Waals surface area contributed by atoms with Crippen LogP contribution in [0.25, 0.3) is 0 Å². The van der Waals surface area contributed by atoms with Crippen molar-refractivity contribution in [3.63, 3.8) is 0 Å². The fourth-order valence-electron chi connectivity index (χ4n) is 2.14. The molecular weight excluding hydrogens is 231 g/mol. The van der Waals surface area contributed by atoms with Gasteiger partial charge in [-0.3, -0.25) is 9.69 Å². The SMILES string of the molecule is CN1CCN(CC(=O)Cc2ccc(F)cc2)CC1. The Morgan fingerprint density at radius 1 is 1.17 bits per heavy atom. The molecular formula is C14H19FN2O. The standard InChI is InChI=1S/C14H19FN2O/c1-16-6-8-17(9-7-16)11-14(18)10-12-2-4-13(15)5-3-12/h2-5H,6-11H2,1H3. The summed E-state index contributed by atoms with van der Waals surface area (Å²) in [5.74, 6) is -0.0589. The van der Waals surface area contributed by atoms with E-state index in [0.717, 1.165) is 31.7 Å². The average molecular weight is 250 g/mol. The van der Waals surface area contributed by atoms with E-state index in [1.54, 1.807) is 12.1 Å². The lowest BCUT2D eigenvalue weighted by Crippen LogP contribution is -2.46. The number of benzene rings is 1. The normalized spacial score (nSPS) is 17.9. The molecule has 0 unspecified atom stereocenters. The molecule has 1 aliphatic rings. The zero-order valence-corrected chi connectivity index (χ0v) is 10.7. The molecule has 1 saturated heterocycles. The molecule has 0 spiro atoms. The molecule has 0 amide bonds. The number of Topliss-reactive ketones (excluding diaryl/α,β-unsaturated/α-hetero) is 1. The molecule has 98 valence electrons. The number of likely N-dealkylation sites (N-methyl/N-ethyl adjacent to an activating group) is 1. The highest BCUT2D eigenvalue weighted by Crippen LogP contribution is 2.05. The molecule has 1 aromatic carbocycles. The van der Waals surface area contributed by atoms with Crippen molar-refractivity contribution in [1.29, 1.82) is 0 Å². The van der Waals surface area contributed by atoms with Gasteiger partial charge in [0.1, 0.15) is 5.82 Å². The average Bonchev–Trinajstić information content (AvgIpc) is 2.35. The summed E-state index contributed by atoms with van der Waals surface area (Å²) in [6.45, 7) is 4.44. The topological polar surface area (TPSA) is 23.6 Å². The highest BCUT2D eigenvalue weighted by molar-refractivity contribution is 5.82. The van der Waals surface area contributed by atoms with Crippen LogP contribution in [0.1, 0.15) is 5.56 Å². The maximum absolute atomic E-state index is 12.7. The second-order valence-corrected chi connectivity index (χ2v) is 4.92. The first kappa shape index (κ1) is 13.2. The molecule has 1 heterocycles. The maximum atomic E-state index is 12.7. The lowest BCUT2D eigenvalue weighted by molar-refractivity contribution is -0.119.